The van der Waals surface area contributed by atoms with E-state index in [-0.39, 0.29) is 5.97 Å². The summed E-state index contributed by atoms with van der Waals surface area (Å²) in [5.41, 5.74) is 0. The molecule has 0 saturated heterocycles. The predicted molar refractivity (Wildman–Crippen MR) is 70.5 cm³/mol. The maximum absolute atomic E-state index is 10.9. The quantitative estimate of drug-likeness (QED) is 0.790. The maximum Gasteiger partial charge on any atom is 0.309 e. The Morgan fingerprint density at radius 3 is 2.79 bits per heavy atom. The van der Waals surface area contributed by atoms with E-state index in [4.69, 9.17) is 21.1 Å². The Labute approximate surface area is 115 Å². The number of esters is 1. The predicted octanol–water partition coefficient (Wildman–Crippen LogP) is 2.54. The van der Waals surface area contributed by atoms with Crippen LogP contribution >= 0.6 is 11.6 Å². The maximum atomic E-state index is 10.9. The minimum absolute atomic E-state index is 0.375. The summed E-state index contributed by atoms with van der Waals surface area (Å²) in [7, 11) is 0. The molecule has 2 aromatic rings. The van der Waals surface area contributed by atoms with E-state index in [1.54, 1.807) is 35.2 Å². The second-order valence-electron chi connectivity index (χ2n) is 3.82. The standard InChI is InChI=1S/C13H13ClN2O3/c1-10(17)19-13-8-15-9-16(13)6-7-18-12-4-2-11(14)3-5-12/h2-5,8-9H,6-7H2,1H3. The number of benzene rings is 1. The highest BCUT2D eigenvalue weighted by Gasteiger charge is 2.05. The van der Waals surface area contributed by atoms with E-state index in [1.807, 2.05) is 0 Å². The molecule has 0 N–H and O–H groups in total. The van der Waals surface area contributed by atoms with Crippen LogP contribution < -0.4 is 9.47 Å². The Bertz CT molecular complexity index is 551. The highest BCUT2D eigenvalue weighted by atomic mass is 35.5. The molecule has 0 amide bonds. The van der Waals surface area contributed by atoms with Crippen LogP contribution in [0.5, 0.6) is 11.6 Å². The molecule has 1 aromatic carbocycles. The summed E-state index contributed by atoms with van der Waals surface area (Å²) in [5.74, 6) is 0.770. The summed E-state index contributed by atoms with van der Waals surface area (Å²) in [6.07, 6.45) is 3.08. The fraction of sp³-hybridized carbons (Fsp3) is 0.231. The van der Waals surface area contributed by atoms with Gasteiger partial charge in [-0.1, -0.05) is 11.6 Å². The van der Waals surface area contributed by atoms with Crippen LogP contribution in [0.4, 0.5) is 0 Å². The normalized spacial score (nSPS) is 10.2. The van der Waals surface area contributed by atoms with E-state index in [0.717, 1.165) is 5.75 Å². The van der Waals surface area contributed by atoms with Crippen LogP contribution in [0.15, 0.2) is 36.8 Å². The number of carbonyl (C=O) groups is 1. The van der Waals surface area contributed by atoms with Gasteiger partial charge in [0.15, 0.2) is 0 Å². The molecule has 0 saturated carbocycles. The lowest BCUT2D eigenvalue weighted by Gasteiger charge is -2.09. The SMILES string of the molecule is CC(=O)Oc1cncn1CCOc1ccc(Cl)cc1. The molecule has 0 spiro atoms. The first-order valence-corrected chi connectivity index (χ1v) is 6.10. The highest BCUT2D eigenvalue weighted by Crippen LogP contribution is 2.16. The zero-order chi connectivity index (χ0) is 13.7. The van der Waals surface area contributed by atoms with Crippen molar-refractivity contribution in [2.45, 2.75) is 13.5 Å². The summed E-state index contributed by atoms with van der Waals surface area (Å²) in [4.78, 5) is 14.8. The van der Waals surface area contributed by atoms with Gasteiger partial charge in [0.25, 0.3) is 0 Å². The summed E-state index contributed by atoms with van der Waals surface area (Å²) < 4.78 is 12.2. The van der Waals surface area contributed by atoms with Gasteiger partial charge in [-0.05, 0) is 24.3 Å². The molecule has 0 bridgehead atoms. The van der Waals surface area contributed by atoms with Crippen LogP contribution in [0.1, 0.15) is 6.92 Å². The number of imidazole rings is 1. The van der Waals surface area contributed by atoms with Gasteiger partial charge >= 0.3 is 5.97 Å². The summed E-state index contributed by atoms with van der Waals surface area (Å²) in [6.45, 7) is 2.32. The lowest BCUT2D eigenvalue weighted by Crippen LogP contribution is -2.11. The molecule has 0 aliphatic rings. The number of carbonyl (C=O) groups excluding carboxylic acids is 1. The van der Waals surface area contributed by atoms with Crippen LogP contribution in [-0.2, 0) is 11.3 Å². The van der Waals surface area contributed by atoms with Gasteiger partial charge in [0.05, 0.1) is 19.1 Å². The van der Waals surface area contributed by atoms with Crippen LogP contribution in [0, 0.1) is 0 Å². The molecule has 0 aliphatic heterocycles. The molecule has 1 heterocycles. The molecule has 0 aliphatic carbocycles. The minimum atomic E-state index is -0.375. The van der Waals surface area contributed by atoms with E-state index < -0.39 is 0 Å². The summed E-state index contributed by atoms with van der Waals surface area (Å²) in [5, 5.41) is 0.666. The monoisotopic (exact) mass is 280 g/mol. The third kappa shape index (κ3) is 3.99. The van der Waals surface area contributed by atoms with Gasteiger partial charge in [-0.2, -0.15) is 0 Å². The molecule has 5 nitrogen and oxygen atoms in total. The number of aromatic nitrogens is 2. The number of halogens is 1. The Morgan fingerprint density at radius 2 is 2.11 bits per heavy atom. The van der Waals surface area contributed by atoms with Crippen LogP contribution in [0.2, 0.25) is 5.02 Å². The van der Waals surface area contributed by atoms with Crippen molar-refractivity contribution in [2.24, 2.45) is 0 Å². The van der Waals surface area contributed by atoms with Crippen LogP contribution in [0.3, 0.4) is 0 Å². The average molecular weight is 281 g/mol. The van der Waals surface area contributed by atoms with Gasteiger partial charge in [0.2, 0.25) is 5.88 Å². The Kier molecular flexibility index (Phi) is 4.41. The van der Waals surface area contributed by atoms with Gasteiger partial charge < -0.3 is 9.47 Å². The summed E-state index contributed by atoms with van der Waals surface area (Å²) in [6, 6.07) is 7.11. The first-order valence-electron chi connectivity index (χ1n) is 5.72. The molecule has 0 fully saturated rings. The Hall–Kier alpha value is -2.01. The number of nitrogens with zero attached hydrogens (tertiary/aromatic N) is 2. The lowest BCUT2D eigenvalue weighted by atomic mass is 10.3. The van der Waals surface area contributed by atoms with E-state index in [2.05, 4.69) is 4.98 Å². The largest absolute Gasteiger partial charge is 0.492 e. The first kappa shape index (κ1) is 13.4. The van der Waals surface area contributed by atoms with Gasteiger partial charge in [-0.25, -0.2) is 4.98 Å². The fourth-order valence-corrected chi connectivity index (χ4v) is 1.63. The smallest absolute Gasteiger partial charge is 0.309 e. The van der Waals surface area contributed by atoms with Gasteiger partial charge in [0.1, 0.15) is 12.4 Å². The zero-order valence-corrected chi connectivity index (χ0v) is 11.1. The van der Waals surface area contributed by atoms with Crippen molar-refractivity contribution >= 4 is 17.6 Å². The van der Waals surface area contributed by atoms with E-state index >= 15 is 0 Å². The van der Waals surface area contributed by atoms with E-state index in [9.17, 15) is 4.79 Å². The van der Waals surface area contributed by atoms with Crippen molar-refractivity contribution in [1.82, 2.24) is 9.55 Å². The molecule has 100 valence electrons. The van der Waals surface area contributed by atoms with E-state index in [0.29, 0.717) is 24.1 Å². The van der Waals surface area contributed by atoms with Crippen molar-refractivity contribution in [3.8, 4) is 11.6 Å². The molecule has 1 aromatic heterocycles. The molecule has 19 heavy (non-hydrogen) atoms. The Morgan fingerprint density at radius 1 is 1.37 bits per heavy atom. The van der Waals surface area contributed by atoms with Crippen molar-refractivity contribution in [3.05, 3.63) is 41.8 Å². The third-order valence-electron chi connectivity index (χ3n) is 2.34. The second kappa shape index (κ2) is 6.24. The van der Waals surface area contributed by atoms with Crippen LogP contribution in [0.25, 0.3) is 0 Å². The van der Waals surface area contributed by atoms with Gasteiger partial charge in [-0.3, -0.25) is 9.36 Å². The first-order chi connectivity index (χ1) is 9.15. The minimum Gasteiger partial charge on any atom is -0.492 e. The topological polar surface area (TPSA) is 53.3 Å². The summed E-state index contributed by atoms with van der Waals surface area (Å²) >= 11 is 5.78. The fourth-order valence-electron chi connectivity index (χ4n) is 1.50. The molecular formula is C13H13ClN2O3. The zero-order valence-electron chi connectivity index (χ0n) is 10.4. The number of hydrogen-bond donors (Lipinski definition) is 0. The van der Waals surface area contributed by atoms with E-state index in [1.165, 1.54) is 13.1 Å². The molecular weight excluding hydrogens is 268 g/mol. The third-order valence-corrected chi connectivity index (χ3v) is 2.59. The highest BCUT2D eigenvalue weighted by molar-refractivity contribution is 6.30. The molecule has 0 unspecified atom stereocenters. The van der Waals surface area contributed by atoms with Crippen molar-refractivity contribution in [2.75, 3.05) is 6.61 Å². The van der Waals surface area contributed by atoms with Crippen molar-refractivity contribution < 1.29 is 14.3 Å². The van der Waals surface area contributed by atoms with Crippen molar-refractivity contribution in [3.63, 3.8) is 0 Å². The van der Waals surface area contributed by atoms with Gasteiger partial charge in [0, 0.05) is 11.9 Å². The molecule has 0 atom stereocenters. The van der Waals surface area contributed by atoms with Crippen LogP contribution in [-0.4, -0.2) is 22.1 Å². The second-order valence-corrected chi connectivity index (χ2v) is 4.26. The number of rotatable bonds is 5. The molecule has 0 radical (unpaired) electrons. The molecule has 6 heteroatoms. The lowest BCUT2D eigenvalue weighted by molar-refractivity contribution is -0.132. The van der Waals surface area contributed by atoms with Crippen molar-refractivity contribution in [1.29, 1.82) is 0 Å². The number of hydrogen-bond acceptors (Lipinski definition) is 4. The molecule has 2 rings (SSSR count). The van der Waals surface area contributed by atoms with Gasteiger partial charge in [-0.15, -0.1) is 0 Å². The average Bonchev–Trinajstić information content (AvgIpc) is 2.78. The number of ether oxygens (including phenoxy) is 2. The Balaban J connectivity index is 1.87.